The number of hydrogen-bond acceptors (Lipinski definition) is 5. The van der Waals surface area contributed by atoms with E-state index >= 15 is 0 Å². The Morgan fingerprint density at radius 2 is 1.43 bits per heavy atom. The van der Waals surface area contributed by atoms with Gasteiger partial charge in [-0.3, -0.25) is 0 Å². The van der Waals surface area contributed by atoms with Gasteiger partial charge in [-0.2, -0.15) is 20.1 Å². The Balaban J connectivity index is 2.09. The molecule has 0 unspecified atom stereocenters. The fraction of sp³-hybridized carbons (Fsp3) is 0. The molecule has 0 fully saturated rings. The predicted octanol–water partition coefficient (Wildman–Crippen LogP) is 4.98. The molecule has 0 saturated heterocycles. The summed E-state index contributed by atoms with van der Waals surface area (Å²) in [7, 11) is 5.71. The van der Waals surface area contributed by atoms with Gasteiger partial charge in [0.15, 0.2) is 11.6 Å². The summed E-state index contributed by atoms with van der Waals surface area (Å²) in [6.45, 7) is 0. The molecule has 3 heterocycles. The predicted molar refractivity (Wildman–Crippen MR) is 97.0 cm³/mol. The Hall–Kier alpha value is -1.16. The average Bonchev–Trinajstić information content (AvgIpc) is 3.23. The molecule has 112 valence electrons. The first kappa shape index (κ1) is 15.4. The van der Waals surface area contributed by atoms with Gasteiger partial charge in [-0.15, -0.1) is 11.3 Å². The molecule has 0 atom stereocenters. The molecule has 2 radical (unpaired) electrons. The van der Waals surface area contributed by atoms with Gasteiger partial charge in [0.25, 0.3) is 0 Å². The van der Waals surface area contributed by atoms with E-state index in [0.717, 1.165) is 15.5 Å². The maximum Gasteiger partial charge on any atom is 0.170 e. The molecule has 0 N–H and O–H groups in total. The van der Waals surface area contributed by atoms with Crippen molar-refractivity contribution in [3.8, 4) is 20.9 Å². The van der Waals surface area contributed by atoms with Gasteiger partial charge in [0.05, 0.1) is 26.6 Å². The van der Waals surface area contributed by atoms with Crippen molar-refractivity contribution in [2.45, 2.75) is 0 Å². The van der Waals surface area contributed by atoms with Crippen molar-refractivity contribution < 1.29 is 8.78 Å². The topological polar surface area (TPSA) is 25.8 Å². The number of fused-ring (bicyclic) bond motifs is 1. The van der Waals surface area contributed by atoms with Crippen LogP contribution in [0.2, 0.25) is 0 Å². The SMILES string of the molecule is [B]c1ccc(-c2c(F)c(F)c(-c3ccc(Br)s3)c3nsnc23)s1. The normalized spacial score (nSPS) is 11.4. The van der Waals surface area contributed by atoms with Crippen LogP contribution in [0.4, 0.5) is 8.78 Å². The molecule has 0 bridgehead atoms. The van der Waals surface area contributed by atoms with Gasteiger partial charge >= 0.3 is 0 Å². The zero-order valence-electron chi connectivity index (χ0n) is 11.1. The molecule has 0 aliphatic rings. The van der Waals surface area contributed by atoms with Crippen LogP contribution in [0.1, 0.15) is 0 Å². The summed E-state index contributed by atoms with van der Waals surface area (Å²) in [6.07, 6.45) is 0. The molecule has 4 aromatic rings. The molecular weight excluding hydrogens is 421 g/mol. The third-order valence-corrected chi connectivity index (χ3v) is 6.39. The zero-order valence-corrected chi connectivity index (χ0v) is 15.2. The molecular formula is C14H4BBrF2N2S3. The highest BCUT2D eigenvalue weighted by atomic mass is 79.9. The smallest absolute Gasteiger partial charge is 0.170 e. The maximum absolute atomic E-state index is 14.8. The van der Waals surface area contributed by atoms with Crippen LogP contribution in [0.5, 0.6) is 0 Å². The van der Waals surface area contributed by atoms with Crippen molar-refractivity contribution in [3.05, 3.63) is 39.7 Å². The third kappa shape index (κ3) is 2.46. The van der Waals surface area contributed by atoms with Gasteiger partial charge < -0.3 is 0 Å². The highest BCUT2D eigenvalue weighted by molar-refractivity contribution is 9.11. The van der Waals surface area contributed by atoms with Crippen LogP contribution >= 0.6 is 50.3 Å². The van der Waals surface area contributed by atoms with Gasteiger partial charge in [0.2, 0.25) is 0 Å². The number of aromatic nitrogens is 2. The first-order valence-electron chi connectivity index (χ1n) is 6.31. The molecule has 2 nitrogen and oxygen atoms in total. The summed E-state index contributed by atoms with van der Waals surface area (Å²) in [5.74, 6) is -1.84. The van der Waals surface area contributed by atoms with Crippen molar-refractivity contribution >= 4 is 74.0 Å². The van der Waals surface area contributed by atoms with E-state index in [1.165, 1.54) is 22.7 Å². The highest BCUT2D eigenvalue weighted by Crippen LogP contribution is 2.42. The molecule has 0 amide bonds. The Bertz CT molecular complexity index is 960. The standard InChI is InChI=1S/C14H4BBrF2N2S3/c15-7-3-1-5(21-7)9-11(17)12(18)10(6-2-4-8(16)22-6)14-13(9)19-23-20-14/h1-4H. The van der Waals surface area contributed by atoms with Crippen LogP contribution in [-0.2, 0) is 0 Å². The minimum atomic E-state index is -0.924. The van der Waals surface area contributed by atoms with Gasteiger partial charge in [-0.05, 0) is 38.9 Å². The van der Waals surface area contributed by atoms with Gasteiger partial charge in [0.1, 0.15) is 18.9 Å². The second kappa shape index (κ2) is 5.73. The average molecular weight is 425 g/mol. The molecule has 0 saturated carbocycles. The Labute approximate surface area is 151 Å². The van der Waals surface area contributed by atoms with E-state index in [1.807, 2.05) is 0 Å². The van der Waals surface area contributed by atoms with Gasteiger partial charge in [-0.1, -0.05) is 6.07 Å². The lowest BCUT2D eigenvalue weighted by molar-refractivity contribution is 0.516. The monoisotopic (exact) mass is 424 g/mol. The van der Waals surface area contributed by atoms with E-state index in [4.69, 9.17) is 7.85 Å². The lowest BCUT2D eigenvalue weighted by Gasteiger charge is -2.08. The number of halogens is 3. The number of benzene rings is 1. The molecule has 1 aromatic carbocycles. The largest absolute Gasteiger partial charge is 0.203 e. The van der Waals surface area contributed by atoms with Gasteiger partial charge in [-0.25, -0.2) is 8.78 Å². The highest BCUT2D eigenvalue weighted by Gasteiger charge is 2.26. The third-order valence-electron chi connectivity index (χ3n) is 3.29. The van der Waals surface area contributed by atoms with Crippen LogP contribution in [-0.4, -0.2) is 16.6 Å². The molecule has 0 aliphatic carbocycles. The number of rotatable bonds is 2. The Morgan fingerprint density at radius 3 is 1.91 bits per heavy atom. The molecule has 0 spiro atoms. The fourth-order valence-electron chi connectivity index (χ4n) is 2.33. The lowest BCUT2D eigenvalue weighted by Crippen LogP contribution is -1.95. The second-order valence-corrected chi connectivity index (χ2v) is 8.75. The van der Waals surface area contributed by atoms with Crippen molar-refractivity contribution in [1.29, 1.82) is 0 Å². The maximum atomic E-state index is 14.8. The first-order valence-corrected chi connectivity index (χ1v) is 9.46. The first-order chi connectivity index (χ1) is 11.1. The Kier molecular flexibility index (Phi) is 3.83. The Morgan fingerprint density at radius 1 is 0.870 bits per heavy atom. The number of hydrogen-bond donors (Lipinski definition) is 0. The summed E-state index contributed by atoms with van der Waals surface area (Å²) < 4.78 is 39.3. The van der Waals surface area contributed by atoms with E-state index in [9.17, 15) is 8.78 Å². The molecule has 3 aromatic heterocycles. The second-order valence-electron chi connectivity index (χ2n) is 4.65. The van der Waals surface area contributed by atoms with Crippen LogP contribution in [0.15, 0.2) is 28.1 Å². The number of nitrogens with zero attached hydrogens (tertiary/aromatic N) is 2. The summed E-state index contributed by atoms with van der Waals surface area (Å²) in [5.41, 5.74) is 0.989. The molecule has 9 heteroatoms. The fourth-order valence-corrected chi connectivity index (χ4v) is 5.13. The van der Waals surface area contributed by atoms with Crippen LogP contribution in [0.25, 0.3) is 31.9 Å². The quantitative estimate of drug-likeness (QED) is 0.424. The van der Waals surface area contributed by atoms with Crippen LogP contribution in [0.3, 0.4) is 0 Å². The van der Waals surface area contributed by atoms with E-state index in [1.54, 1.807) is 24.3 Å². The summed E-state index contributed by atoms with van der Waals surface area (Å²) >= 11 is 6.78. The van der Waals surface area contributed by atoms with E-state index in [0.29, 0.717) is 25.6 Å². The van der Waals surface area contributed by atoms with Crippen molar-refractivity contribution in [1.82, 2.24) is 8.75 Å². The zero-order chi connectivity index (χ0) is 16.1. The lowest BCUT2D eigenvalue weighted by atomic mass is 10.0. The molecule has 4 rings (SSSR count). The molecule has 0 aliphatic heterocycles. The van der Waals surface area contributed by atoms with Crippen LogP contribution < -0.4 is 4.78 Å². The number of thiophene rings is 2. The minimum absolute atomic E-state index is 0.118. The van der Waals surface area contributed by atoms with E-state index in [-0.39, 0.29) is 11.1 Å². The van der Waals surface area contributed by atoms with Crippen LogP contribution in [0, 0.1) is 11.6 Å². The van der Waals surface area contributed by atoms with E-state index < -0.39 is 11.6 Å². The van der Waals surface area contributed by atoms with Crippen molar-refractivity contribution in [3.63, 3.8) is 0 Å². The summed E-state index contributed by atoms with van der Waals surface area (Å²) in [6, 6.07) is 6.84. The van der Waals surface area contributed by atoms with Crippen molar-refractivity contribution in [2.24, 2.45) is 0 Å². The van der Waals surface area contributed by atoms with Gasteiger partial charge in [0, 0.05) is 9.75 Å². The van der Waals surface area contributed by atoms with Crippen molar-refractivity contribution in [2.75, 3.05) is 0 Å². The summed E-state index contributed by atoms with van der Waals surface area (Å²) in [5, 5.41) is 0. The van der Waals surface area contributed by atoms with E-state index in [2.05, 4.69) is 24.7 Å². The summed E-state index contributed by atoms with van der Waals surface area (Å²) in [4.78, 5) is 1.14. The molecule has 23 heavy (non-hydrogen) atoms. The minimum Gasteiger partial charge on any atom is -0.203 e.